The molecule has 47 heavy (non-hydrogen) atoms. The summed E-state index contributed by atoms with van der Waals surface area (Å²) in [5, 5.41) is 38.1. The van der Waals surface area contributed by atoms with Gasteiger partial charge >= 0.3 is 23.9 Å². The first kappa shape index (κ1) is 35.8. The fourth-order valence-electron chi connectivity index (χ4n) is 4.50. The predicted octanol–water partition coefficient (Wildman–Crippen LogP) is 0.787. The second kappa shape index (κ2) is 17.7. The molecule has 3 rings (SSSR count). The highest BCUT2D eigenvalue weighted by Gasteiger charge is 2.26. The third kappa shape index (κ3) is 11.7. The lowest BCUT2D eigenvalue weighted by Gasteiger charge is -2.19. The molecule has 250 valence electrons. The minimum atomic E-state index is -1.52. The molecule has 0 radical (unpaired) electrons. The van der Waals surface area contributed by atoms with Gasteiger partial charge in [-0.1, -0.05) is 30.3 Å². The van der Waals surface area contributed by atoms with Crippen LogP contribution in [0.1, 0.15) is 53.8 Å². The summed E-state index contributed by atoms with van der Waals surface area (Å²) in [7, 11) is 0. The maximum atomic E-state index is 13.2. The molecule has 1 aromatic carbocycles. The molecular formula is C31H37N7O9. The summed E-state index contributed by atoms with van der Waals surface area (Å²) in [5.41, 5.74) is 7.72. The van der Waals surface area contributed by atoms with Crippen molar-refractivity contribution in [1.29, 1.82) is 0 Å². The number of nitrogens with one attached hydrogen (secondary N) is 4. The first-order chi connectivity index (χ1) is 22.5. The van der Waals surface area contributed by atoms with Gasteiger partial charge in [-0.25, -0.2) is 14.4 Å². The van der Waals surface area contributed by atoms with Gasteiger partial charge in [0, 0.05) is 43.2 Å². The van der Waals surface area contributed by atoms with Crippen LogP contribution in [0.4, 0.5) is 4.79 Å². The molecule has 0 saturated carbocycles. The van der Waals surface area contributed by atoms with Gasteiger partial charge in [0.15, 0.2) is 0 Å². The number of pyridine rings is 2. The Labute approximate surface area is 269 Å². The van der Waals surface area contributed by atoms with Crippen molar-refractivity contribution in [3.8, 4) is 0 Å². The van der Waals surface area contributed by atoms with Crippen LogP contribution in [0.2, 0.25) is 0 Å². The number of unbranched alkanes of at least 4 members (excludes halogenated alkanes) is 1. The first-order valence-electron chi connectivity index (χ1n) is 14.8. The number of hydrogen-bond acceptors (Lipinski definition) is 9. The maximum absolute atomic E-state index is 13.2. The number of amides is 4. The average Bonchev–Trinajstić information content (AvgIpc) is 3.05. The molecule has 3 aromatic rings. The van der Waals surface area contributed by atoms with Gasteiger partial charge in [-0.2, -0.15) is 0 Å². The summed E-state index contributed by atoms with van der Waals surface area (Å²) < 4.78 is 0. The normalized spacial score (nSPS) is 12.7. The van der Waals surface area contributed by atoms with Gasteiger partial charge in [0.05, 0.1) is 5.52 Å². The van der Waals surface area contributed by atoms with E-state index in [4.69, 9.17) is 10.8 Å². The largest absolute Gasteiger partial charge is 0.481 e. The lowest BCUT2D eigenvalue weighted by atomic mass is 10.1. The van der Waals surface area contributed by atoms with Crippen LogP contribution in [0.5, 0.6) is 0 Å². The zero-order valence-electron chi connectivity index (χ0n) is 25.3. The van der Waals surface area contributed by atoms with E-state index in [9.17, 15) is 39.0 Å². The lowest BCUT2D eigenvalue weighted by molar-refractivity contribution is -0.140. The minimum absolute atomic E-state index is 0.0445. The van der Waals surface area contributed by atoms with E-state index < -0.39 is 60.3 Å². The number of nitrogens with zero attached hydrogens (tertiary/aromatic N) is 2. The van der Waals surface area contributed by atoms with E-state index in [1.165, 1.54) is 12.3 Å². The van der Waals surface area contributed by atoms with Crippen LogP contribution in [-0.2, 0) is 32.1 Å². The van der Waals surface area contributed by atoms with E-state index >= 15 is 0 Å². The van der Waals surface area contributed by atoms with E-state index in [0.717, 1.165) is 16.5 Å². The molecular weight excluding hydrogens is 614 g/mol. The molecule has 0 bridgehead atoms. The summed E-state index contributed by atoms with van der Waals surface area (Å²) >= 11 is 0. The number of carbonyl (C=O) groups excluding carboxylic acids is 3. The molecule has 9 N–H and O–H groups in total. The van der Waals surface area contributed by atoms with Gasteiger partial charge in [-0.15, -0.1) is 0 Å². The summed E-state index contributed by atoms with van der Waals surface area (Å²) in [6, 6.07) is 9.28. The Hall–Kier alpha value is -5.64. The maximum Gasteiger partial charge on any atom is 0.326 e. The lowest BCUT2D eigenvalue weighted by Crippen LogP contribution is -2.51. The number of aliphatic carboxylic acids is 3. The zero-order chi connectivity index (χ0) is 34.3. The van der Waals surface area contributed by atoms with E-state index in [2.05, 4.69) is 31.2 Å². The van der Waals surface area contributed by atoms with Crippen LogP contribution in [0.25, 0.3) is 10.9 Å². The molecule has 3 atom stereocenters. The van der Waals surface area contributed by atoms with Gasteiger partial charge in [-0.05, 0) is 49.4 Å². The molecule has 16 nitrogen and oxygen atoms in total. The highest BCUT2D eigenvalue weighted by Crippen LogP contribution is 2.13. The topological polar surface area (TPSA) is 263 Å². The Morgan fingerprint density at radius 3 is 2.13 bits per heavy atom. The summed E-state index contributed by atoms with van der Waals surface area (Å²) in [4.78, 5) is 80.9. The van der Waals surface area contributed by atoms with Gasteiger partial charge in [-0.3, -0.25) is 24.4 Å². The Balaban J connectivity index is 1.57. The molecule has 0 aliphatic heterocycles. The second-order valence-corrected chi connectivity index (χ2v) is 10.6. The number of carboxylic acid groups (broad SMARTS) is 3. The van der Waals surface area contributed by atoms with Crippen molar-refractivity contribution in [1.82, 2.24) is 31.2 Å². The van der Waals surface area contributed by atoms with Crippen molar-refractivity contribution in [3.63, 3.8) is 0 Å². The Bertz CT molecular complexity index is 1580. The van der Waals surface area contributed by atoms with E-state index in [0.29, 0.717) is 12.1 Å². The molecule has 4 amide bonds. The summed E-state index contributed by atoms with van der Waals surface area (Å²) in [6.45, 7) is 0.373. The third-order valence-electron chi connectivity index (χ3n) is 7.06. The molecule has 0 fully saturated rings. The number of carbonyl (C=O) groups is 6. The number of aromatic nitrogens is 2. The fourth-order valence-corrected chi connectivity index (χ4v) is 4.50. The Morgan fingerprint density at radius 2 is 1.49 bits per heavy atom. The van der Waals surface area contributed by atoms with Gasteiger partial charge in [0.2, 0.25) is 5.91 Å². The number of carboxylic acids is 3. The van der Waals surface area contributed by atoms with E-state index in [1.54, 1.807) is 12.1 Å². The average molecular weight is 652 g/mol. The van der Waals surface area contributed by atoms with Crippen molar-refractivity contribution < 1.29 is 44.1 Å². The molecule has 0 aliphatic rings. The van der Waals surface area contributed by atoms with Crippen LogP contribution < -0.4 is 27.0 Å². The second-order valence-electron chi connectivity index (χ2n) is 10.6. The molecule has 0 saturated heterocycles. The van der Waals surface area contributed by atoms with Crippen LogP contribution in [0.15, 0.2) is 54.7 Å². The summed E-state index contributed by atoms with van der Waals surface area (Å²) in [6.07, 6.45) is 1.18. The minimum Gasteiger partial charge on any atom is -0.481 e. The van der Waals surface area contributed by atoms with Gasteiger partial charge < -0.3 is 42.3 Å². The van der Waals surface area contributed by atoms with Crippen molar-refractivity contribution in [2.24, 2.45) is 5.73 Å². The van der Waals surface area contributed by atoms with Crippen molar-refractivity contribution >= 4 is 46.7 Å². The number of rotatable bonds is 18. The molecule has 0 aliphatic carbocycles. The zero-order valence-corrected chi connectivity index (χ0v) is 25.3. The predicted molar refractivity (Wildman–Crippen MR) is 167 cm³/mol. The Morgan fingerprint density at radius 1 is 0.787 bits per heavy atom. The number of nitrogens with two attached hydrogens (primary N) is 1. The van der Waals surface area contributed by atoms with Crippen LogP contribution in [-0.4, -0.2) is 85.7 Å². The number of para-hydroxylation sites is 1. The number of hydrogen-bond donors (Lipinski definition) is 8. The fraction of sp³-hybridized carbons (Fsp3) is 0.355. The van der Waals surface area contributed by atoms with Crippen LogP contribution >= 0.6 is 0 Å². The smallest absolute Gasteiger partial charge is 0.326 e. The van der Waals surface area contributed by atoms with Gasteiger partial charge in [0.1, 0.15) is 23.8 Å². The van der Waals surface area contributed by atoms with Crippen molar-refractivity contribution in [2.45, 2.75) is 63.2 Å². The van der Waals surface area contributed by atoms with Crippen LogP contribution in [0.3, 0.4) is 0 Å². The SMILES string of the molecule is NCc1ccc(C(=O)NC(Cc2ccc3ccccc3n2)C(=O)NCCCCC(NC(=O)NC(CCC(=O)O)C(=O)O)C(=O)O)nc1. The van der Waals surface area contributed by atoms with E-state index in [1.807, 2.05) is 30.3 Å². The molecule has 0 spiro atoms. The Kier molecular flexibility index (Phi) is 13.5. The third-order valence-corrected chi connectivity index (χ3v) is 7.06. The number of urea groups is 1. The highest BCUT2D eigenvalue weighted by atomic mass is 16.4. The van der Waals surface area contributed by atoms with Gasteiger partial charge in [0.25, 0.3) is 5.91 Å². The summed E-state index contributed by atoms with van der Waals surface area (Å²) in [5.74, 6) is -5.14. The molecule has 2 heterocycles. The monoisotopic (exact) mass is 651 g/mol. The highest BCUT2D eigenvalue weighted by molar-refractivity contribution is 5.96. The number of benzene rings is 1. The number of fused-ring (bicyclic) bond motifs is 1. The van der Waals surface area contributed by atoms with Crippen LogP contribution in [0, 0.1) is 0 Å². The molecule has 2 aromatic heterocycles. The standard InChI is InChI=1S/C31H37N7O9/c32-16-18-8-11-22(34-17-18)28(42)36-25(15-20-10-9-19-5-1-2-6-21(19)35-20)27(41)33-14-4-3-7-23(29(43)44)37-31(47)38-24(30(45)46)12-13-26(39)40/h1-2,5-6,8-11,17,23-25H,3-4,7,12-16,32H2,(H,33,41)(H,36,42)(H,39,40)(H,43,44)(H,45,46)(H2,37,38,47). The first-order valence-corrected chi connectivity index (χ1v) is 14.8. The quantitative estimate of drug-likeness (QED) is 0.0888. The molecule has 16 heteroatoms. The van der Waals surface area contributed by atoms with Crippen molar-refractivity contribution in [3.05, 3.63) is 71.7 Å². The van der Waals surface area contributed by atoms with E-state index in [-0.39, 0.29) is 44.5 Å². The molecule has 3 unspecified atom stereocenters. The van der Waals surface area contributed by atoms with Crippen molar-refractivity contribution in [2.75, 3.05) is 6.54 Å².